The standard InChI is InChI=1S/C16H22F2N2O4S/c1-11(10-24-2)19-16(21)12-5-7-20(8-6-12)25(22,23)15-9-13(17)3-4-14(15)18/h3-4,9,11-12H,5-8,10H2,1-2H3,(H,19,21). The number of ether oxygens (including phenoxy) is 1. The number of hydrogen-bond donors (Lipinski definition) is 1. The van der Waals surface area contributed by atoms with E-state index in [2.05, 4.69) is 5.32 Å². The van der Waals surface area contributed by atoms with Gasteiger partial charge in [-0.05, 0) is 38.0 Å². The number of rotatable bonds is 6. The molecular formula is C16H22F2N2O4S. The van der Waals surface area contributed by atoms with Crippen LogP contribution in [-0.2, 0) is 19.6 Å². The molecule has 1 unspecified atom stereocenters. The molecule has 1 heterocycles. The van der Waals surface area contributed by atoms with Gasteiger partial charge in [0, 0.05) is 32.2 Å². The maximum Gasteiger partial charge on any atom is 0.246 e. The number of halogens is 2. The van der Waals surface area contributed by atoms with Crippen molar-refractivity contribution >= 4 is 15.9 Å². The highest BCUT2D eigenvalue weighted by atomic mass is 32.2. The molecule has 1 N–H and O–H groups in total. The average molecular weight is 376 g/mol. The molecule has 0 radical (unpaired) electrons. The molecule has 140 valence electrons. The van der Waals surface area contributed by atoms with Gasteiger partial charge in [-0.2, -0.15) is 4.31 Å². The summed E-state index contributed by atoms with van der Waals surface area (Å²) in [5, 5.41) is 2.81. The Morgan fingerprint density at radius 2 is 2.00 bits per heavy atom. The molecule has 2 rings (SSSR count). The Hall–Kier alpha value is -1.58. The normalized spacial score (nSPS) is 18.1. The molecule has 9 heteroatoms. The van der Waals surface area contributed by atoms with Crippen molar-refractivity contribution in [1.82, 2.24) is 9.62 Å². The molecule has 25 heavy (non-hydrogen) atoms. The Morgan fingerprint density at radius 3 is 2.60 bits per heavy atom. The van der Waals surface area contributed by atoms with Crippen LogP contribution in [0.2, 0.25) is 0 Å². The van der Waals surface area contributed by atoms with Crippen LogP contribution in [0.25, 0.3) is 0 Å². The summed E-state index contributed by atoms with van der Waals surface area (Å²) in [5.74, 6) is -2.28. The van der Waals surface area contributed by atoms with E-state index in [4.69, 9.17) is 4.74 Å². The second kappa shape index (κ2) is 8.20. The van der Waals surface area contributed by atoms with Crippen LogP contribution in [0.4, 0.5) is 8.78 Å². The third kappa shape index (κ3) is 4.74. The number of benzene rings is 1. The Balaban J connectivity index is 2.01. The van der Waals surface area contributed by atoms with Crippen molar-refractivity contribution in [3.05, 3.63) is 29.8 Å². The van der Waals surface area contributed by atoms with Crippen molar-refractivity contribution in [2.24, 2.45) is 5.92 Å². The van der Waals surface area contributed by atoms with Crippen LogP contribution in [0.5, 0.6) is 0 Å². The van der Waals surface area contributed by atoms with E-state index < -0.39 is 26.6 Å². The maximum absolute atomic E-state index is 13.8. The van der Waals surface area contributed by atoms with Crippen molar-refractivity contribution in [2.75, 3.05) is 26.8 Å². The quantitative estimate of drug-likeness (QED) is 0.817. The summed E-state index contributed by atoms with van der Waals surface area (Å²) in [6.07, 6.45) is 0.642. The lowest BCUT2D eigenvalue weighted by atomic mass is 9.97. The van der Waals surface area contributed by atoms with E-state index in [1.807, 2.05) is 6.92 Å². The summed E-state index contributed by atoms with van der Waals surface area (Å²) >= 11 is 0. The fourth-order valence-electron chi connectivity index (χ4n) is 2.82. The van der Waals surface area contributed by atoms with Gasteiger partial charge in [0.2, 0.25) is 15.9 Å². The van der Waals surface area contributed by atoms with Crippen LogP contribution < -0.4 is 5.32 Å². The van der Waals surface area contributed by atoms with Crippen molar-refractivity contribution in [2.45, 2.75) is 30.7 Å². The first-order valence-electron chi connectivity index (χ1n) is 8.00. The summed E-state index contributed by atoms with van der Waals surface area (Å²) in [7, 11) is -2.59. The molecular weight excluding hydrogens is 354 g/mol. The number of nitrogens with zero attached hydrogens (tertiary/aromatic N) is 1. The smallest absolute Gasteiger partial charge is 0.246 e. The lowest BCUT2D eigenvalue weighted by molar-refractivity contribution is -0.127. The largest absolute Gasteiger partial charge is 0.383 e. The SMILES string of the molecule is COCC(C)NC(=O)C1CCN(S(=O)(=O)c2cc(F)ccc2F)CC1. The molecule has 1 atom stereocenters. The van der Waals surface area contributed by atoms with E-state index in [0.717, 1.165) is 16.4 Å². The van der Waals surface area contributed by atoms with E-state index >= 15 is 0 Å². The van der Waals surface area contributed by atoms with Crippen LogP contribution in [0.15, 0.2) is 23.1 Å². The number of nitrogens with one attached hydrogen (secondary N) is 1. The molecule has 0 aromatic heterocycles. The lowest BCUT2D eigenvalue weighted by Crippen LogP contribution is -2.45. The molecule has 1 amide bonds. The predicted molar refractivity (Wildman–Crippen MR) is 87.3 cm³/mol. The van der Waals surface area contributed by atoms with Crippen molar-refractivity contribution in [3.63, 3.8) is 0 Å². The van der Waals surface area contributed by atoms with Crippen LogP contribution in [-0.4, -0.2) is 51.5 Å². The summed E-state index contributed by atoms with van der Waals surface area (Å²) in [6, 6.07) is 2.20. The van der Waals surface area contributed by atoms with Gasteiger partial charge >= 0.3 is 0 Å². The van der Waals surface area contributed by atoms with E-state index in [1.54, 1.807) is 0 Å². The van der Waals surface area contributed by atoms with Crippen molar-refractivity contribution in [1.29, 1.82) is 0 Å². The minimum Gasteiger partial charge on any atom is -0.383 e. The molecule has 0 aliphatic carbocycles. The third-order valence-electron chi connectivity index (χ3n) is 4.14. The third-order valence-corrected chi connectivity index (χ3v) is 6.05. The zero-order chi connectivity index (χ0) is 18.6. The first-order chi connectivity index (χ1) is 11.8. The Kier molecular flexibility index (Phi) is 6.47. The average Bonchev–Trinajstić information content (AvgIpc) is 2.57. The number of carbonyl (C=O) groups excluding carboxylic acids is 1. The molecule has 1 aromatic carbocycles. The number of carbonyl (C=O) groups is 1. The van der Waals surface area contributed by atoms with E-state index in [9.17, 15) is 22.0 Å². The topological polar surface area (TPSA) is 75.7 Å². The molecule has 0 spiro atoms. The second-order valence-corrected chi connectivity index (χ2v) is 8.02. The van der Waals surface area contributed by atoms with E-state index in [0.29, 0.717) is 25.5 Å². The number of hydrogen-bond acceptors (Lipinski definition) is 4. The van der Waals surface area contributed by atoms with Crippen LogP contribution in [0.3, 0.4) is 0 Å². The van der Waals surface area contributed by atoms with Crippen LogP contribution in [0, 0.1) is 17.6 Å². The molecule has 1 aliphatic rings. The Morgan fingerprint density at radius 1 is 1.36 bits per heavy atom. The lowest BCUT2D eigenvalue weighted by Gasteiger charge is -2.31. The monoisotopic (exact) mass is 376 g/mol. The fraction of sp³-hybridized carbons (Fsp3) is 0.562. The molecule has 1 fully saturated rings. The maximum atomic E-state index is 13.8. The van der Waals surface area contributed by atoms with Crippen molar-refractivity contribution in [3.8, 4) is 0 Å². The van der Waals surface area contributed by atoms with Gasteiger partial charge in [0.15, 0.2) is 0 Å². The van der Waals surface area contributed by atoms with Crippen LogP contribution in [0.1, 0.15) is 19.8 Å². The van der Waals surface area contributed by atoms with Gasteiger partial charge in [-0.15, -0.1) is 0 Å². The second-order valence-electron chi connectivity index (χ2n) is 6.12. The zero-order valence-electron chi connectivity index (χ0n) is 14.2. The Bertz CT molecular complexity index is 719. The molecule has 1 aromatic rings. The highest BCUT2D eigenvalue weighted by molar-refractivity contribution is 7.89. The molecule has 0 saturated carbocycles. The minimum absolute atomic E-state index is 0.0784. The summed E-state index contributed by atoms with van der Waals surface area (Å²) < 4.78 is 58.1. The van der Waals surface area contributed by atoms with Gasteiger partial charge in [0.25, 0.3) is 0 Å². The highest BCUT2D eigenvalue weighted by Gasteiger charge is 2.34. The summed E-state index contributed by atoms with van der Waals surface area (Å²) in [5.41, 5.74) is 0. The first-order valence-corrected chi connectivity index (χ1v) is 9.44. The zero-order valence-corrected chi connectivity index (χ0v) is 15.0. The molecule has 1 saturated heterocycles. The van der Waals surface area contributed by atoms with Gasteiger partial charge in [0.05, 0.1) is 6.61 Å². The number of methoxy groups -OCH3 is 1. The van der Waals surface area contributed by atoms with Gasteiger partial charge in [0.1, 0.15) is 16.5 Å². The van der Waals surface area contributed by atoms with E-state index in [-0.39, 0.29) is 31.0 Å². The Labute approximate surface area is 146 Å². The van der Waals surface area contributed by atoms with Gasteiger partial charge in [-0.25, -0.2) is 17.2 Å². The number of amides is 1. The first kappa shape index (κ1) is 19.7. The van der Waals surface area contributed by atoms with Gasteiger partial charge < -0.3 is 10.1 Å². The summed E-state index contributed by atoms with van der Waals surface area (Å²) in [6.45, 7) is 2.36. The molecule has 0 bridgehead atoms. The minimum atomic E-state index is -4.13. The van der Waals surface area contributed by atoms with Crippen LogP contribution >= 0.6 is 0 Å². The van der Waals surface area contributed by atoms with E-state index in [1.165, 1.54) is 7.11 Å². The highest BCUT2D eigenvalue weighted by Crippen LogP contribution is 2.26. The predicted octanol–water partition coefficient (Wildman–Crippen LogP) is 1.52. The molecule has 6 nitrogen and oxygen atoms in total. The number of piperidine rings is 1. The number of sulfonamides is 1. The summed E-state index contributed by atoms with van der Waals surface area (Å²) in [4.78, 5) is 11.5. The van der Waals surface area contributed by atoms with Gasteiger partial charge in [-0.3, -0.25) is 4.79 Å². The van der Waals surface area contributed by atoms with Crippen molar-refractivity contribution < 1.29 is 26.7 Å². The van der Waals surface area contributed by atoms with Gasteiger partial charge in [-0.1, -0.05) is 0 Å². The molecule has 1 aliphatic heterocycles. The fourth-order valence-corrected chi connectivity index (χ4v) is 4.37.